The Bertz CT molecular complexity index is 1340. The molecule has 0 spiro atoms. The molecule has 2 aromatic heterocycles. The number of rotatable bonds is 9. The van der Waals surface area contributed by atoms with Crippen molar-refractivity contribution in [2.45, 2.75) is 51.3 Å². The molecule has 0 radical (unpaired) electrons. The molecular weight excluding hydrogens is 486 g/mol. The van der Waals surface area contributed by atoms with Gasteiger partial charge in [0.1, 0.15) is 18.1 Å². The first kappa shape index (κ1) is 25.1. The van der Waals surface area contributed by atoms with Gasteiger partial charge in [-0.2, -0.15) is 0 Å². The van der Waals surface area contributed by atoms with Gasteiger partial charge in [0, 0.05) is 23.7 Å². The summed E-state index contributed by atoms with van der Waals surface area (Å²) in [6.45, 7) is 5.34. The minimum Gasteiger partial charge on any atom is -0.376 e. The van der Waals surface area contributed by atoms with Gasteiger partial charge >= 0.3 is 0 Å². The van der Waals surface area contributed by atoms with E-state index >= 15 is 0 Å². The summed E-state index contributed by atoms with van der Waals surface area (Å²) in [6, 6.07) is 18.4. The van der Waals surface area contributed by atoms with Crippen LogP contribution in [0.2, 0.25) is 0 Å². The number of nitrogens with one attached hydrogen (secondary N) is 1. The quantitative estimate of drug-likeness (QED) is 0.348. The average molecular weight is 518 g/mol. The second-order valence-electron chi connectivity index (χ2n) is 9.54. The highest BCUT2D eigenvalue weighted by Gasteiger charge is 2.34. The van der Waals surface area contributed by atoms with Gasteiger partial charge in [-0.05, 0) is 60.0 Å². The SMILES string of the molecule is CC(C)c1ccc(N(C(=O)Cn2nnc3ccccc32)[C@H](C(=O)NC[C@H]2CCCO2)c2cccs2)cc1. The molecule has 2 atom stereocenters. The number of hydrogen-bond donors (Lipinski definition) is 1. The molecule has 2 aromatic carbocycles. The molecule has 0 unspecified atom stereocenters. The van der Waals surface area contributed by atoms with Crippen molar-refractivity contribution in [3.63, 3.8) is 0 Å². The first-order chi connectivity index (χ1) is 18.0. The van der Waals surface area contributed by atoms with Gasteiger partial charge in [0.05, 0.1) is 11.6 Å². The van der Waals surface area contributed by atoms with E-state index in [-0.39, 0.29) is 24.5 Å². The number of aromatic nitrogens is 3. The van der Waals surface area contributed by atoms with E-state index in [9.17, 15) is 9.59 Å². The molecule has 8 nitrogen and oxygen atoms in total. The molecule has 1 N–H and O–H groups in total. The van der Waals surface area contributed by atoms with Crippen LogP contribution < -0.4 is 10.2 Å². The van der Waals surface area contributed by atoms with Crippen LogP contribution in [-0.2, 0) is 20.9 Å². The van der Waals surface area contributed by atoms with Crippen molar-refractivity contribution in [2.75, 3.05) is 18.1 Å². The molecule has 5 rings (SSSR count). The third kappa shape index (κ3) is 5.57. The smallest absolute Gasteiger partial charge is 0.249 e. The van der Waals surface area contributed by atoms with E-state index in [0.717, 1.165) is 28.8 Å². The molecule has 3 heterocycles. The predicted octanol–water partition coefficient (Wildman–Crippen LogP) is 4.69. The van der Waals surface area contributed by atoms with Crippen LogP contribution in [-0.4, -0.2) is 46.1 Å². The summed E-state index contributed by atoms with van der Waals surface area (Å²) < 4.78 is 7.29. The molecule has 9 heteroatoms. The van der Waals surface area contributed by atoms with Crippen LogP contribution >= 0.6 is 11.3 Å². The third-order valence-corrected chi connectivity index (χ3v) is 7.58. The fourth-order valence-corrected chi connectivity index (χ4v) is 5.45. The number of amides is 2. The summed E-state index contributed by atoms with van der Waals surface area (Å²) in [5, 5.41) is 13.4. The van der Waals surface area contributed by atoms with Crippen molar-refractivity contribution in [2.24, 2.45) is 0 Å². The Hall–Kier alpha value is -3.56. The van der Waals surface area contributed by atoms with E-state index in [1.54, 1.807) is 9.58 Å². The van der Waals surface area contributed by atoms with Crippen molar-refractivity contribution in [1.29, 1.82) is 0 Å². The Kier molecular flexibility index (Phi) is 7.62. The number of carbonyl (C=O) groups excluding carboxylic acids is 2. The molecule has 0 saturated carbocycles. The zero-order chi connectivity index (χ0) is 25.8. The van der Waals surface area contributed by atoms with E-state index in [2.05, 4.69) is 29.5 Å². The van der Waals surface area contributed by atoms with E-state index in [1.165, 1.54) is 11.3 Å². The number of carbonyl (C=O) groups is 2. The van der Waals surface area contributed by atoms with E-state index < -0.39 is 6.04 Å². The number of benzene rings is 2. The monoisotopic (exact) mass is 517 g/mol. The highest BCUT2D eigenvalue weighted by molar-refractivity contribution is 7.10. The van der Waals surface area contributed by atoms with Crippen molar-refractivity contribution in [1.82, 2.24) is 20.3 Å². The van der Waals surface area contributed by atoms with Gasteiger partial charge in [-0.25, -0.2) is 4.68 Å². The van der Waals surface area contributed by atoms with Crippen LogP contribution in [0.3, 0.4) is 0 Å². The average Bonchev–Trinajstić information content (AvgIpc) is 3.69. The van der Waals surface area contributed by atoms with Gasteiger partial charge in [-0.15, -0.1) is 16.4 Å². The van der Waals surface area contributed by atoms with Gasteiger partial charge in [-0.3, -0.25) is 14.5 Å². The van der Waals surface area contributed by atoms with Crippen LogP contribution in [0.15, 0.2) is 66.0 Å². The molecule has 192 valence electrons. The Morgan fingerprint density at radius 2 is 1.95 bits per heavy atom. The molecule has 1 fully saturated rings. The summed E-state index contributed by atoms with van der Waals surface area (Å²) in [4.78, 5) is 30.1. The van der Waals surface area contributed by atoms with Crippen LogP contribution in [0.1, 0.15) is 49.1 Å². The lowest BCUT2D eigenvalue weighted by atomic mass is 10.0. The van der Waals surface area contributed by atoms with Gasteiger partial charge in [-0.1, -0.05) is 49.4 Å². The van der Waals surface area contributed by atoms with E-state index in [1.807, 2.05) is 66.0 Å². The molecule has 37 heavy (non-hydrogen) atoms. The maximum Gasteiger partial charge on any atom is 0.249 e. The van der Waals surface area contributed by atoms with E-state index in [4.69, 9.17) is 4.74 Å². The maximum atomic E-state index is 14.0. The lowest BCUT2D eigenvalue weighted by Crippen LogP contribution is -2.46. The highest BCUT2D eigenvalue weighted by atomic mass is 32.1. The van der Waals surface area contributed by atoms with Crippen LogP contribution in [0.4, 0.5) is 5.69 Å². The second-order valence-corrected chi connectivity index (χ2v) is 10.5. The summed E-state index contributed by atoms with van der Waals surface area (Å²) in [7, 11) is 0. The Balaban J connectivity index is 1.50. The largest absolute Gasteiger partial charge is 0.376 e. The van der Waals surface area contributed by atoms with Crippen molar-refractivity contribution in [3.8, 4) is 0 Å². The fraction of sp³-hybridized carbons (Fsp3) is 0.357. The summed E-state index contributed by atoms with van der Waals surface area (Å²) >= 11 is 1.46. The lowest BCUT2D eigenvalue weighted by molar-refractivity contribution is -0.127. The molecule has 1 aliphatic heterocycles. The highest BCUT2D eigenvalue weighted by Crippen LogP contribution is 2.32. The number of thiophene rings is 1. The van der Waals surface area contributed by atoms with Gasteiger partial charge in [0.25, 0.3) is 0 Å². The Morgan fingerprint density at radius 3 is 2.65 bits per heavy atom. The molecule has 1 saturated heterocycles. The molecule has 0 bridgehead atoms. The van der Waals surface area contributed by atoms with Crippen LogP contribution in [0.5, 0.6) is 0 Å². The van der Waals surface area contributed by atoms with Crippen molar-refractivity contribution >= 4 is 39.9 Å². The Labute approximate surface area is 220 Å². The predicted molar refractivity (Wildman–Crippen MR) is 145 cm³/mol. The zero-order valence-electron chi connectivity index (χ0n) is 21.0. The summed E-state index contributed by atoms with van der Waals surface area (Å²) in [5.41, 5.74) is 3.30. The van der Waals surface area contributed by atoms with Crippen molar-refractivity contribution < 1.29 is 14.3 Å². The van der Waals surface area contributed by atoms with Gasteiger partial charge < -0.3 is 10.1 Å². The molecule has 0 aliphatic carbocycles. The first-order valence-corrected chi connectivity index (χ1v) is 13.5. The standard InChI is InChI=1S/C28H31N5O3S/c1-19(2)20-11-13-21(14-12-20)33(26(34)18-32-24-9-4-3-8-23(24)30-31-32)27(25-10-6-16-37-25)28(35)29-17-22-7-5-15-36-22/h3-4,6,8-14,16,19,22,27H,5,7,15,17-18H2,1-2H3,(H,29,35)/t22-,27+/m1/s1. The maximum absolute atomic E-state index is 14.0. The number of nitrogens with zero attached hydrogens (tertiary/aromatic N) is 4. The Morgan fingerprint density at radius 1 is 1.14 bits per heavy atom. The minimum absolute atomic E-state index is 0.00363. The second kappa shape index (κ2) is 11.2. The van der Waals surface area contributed by atoms with Crippen LogP contribution in [0, 0.1) is 0 Å². The topological polar surface area (TPSA) is 89.4 Å². The summed E-state index contributed by atoms with van der Waals surface area (Å²) in [6.07, 6.45) is 1.92. The zero-order valence-corrected chi connectivity index (χ0v) is 21.9. The normalized spacial score (nSPS) is 16.2. The van der Waals surface area contributed by atoms with E-state index in [0.29, 0.717) is 30.3 Å². The van der Waals surface area contributed by atoms with Crippen LogP contribution in [0.25, 0.3) is 11.0 Å². The number of para-hydroxylation sites is 1. The van der Waals surface area contributed by atoms with Gasteiger partial charge in [0.2, 0.25) is 11.8 Å². The molecule has 1 aliphatic rings. The molecule has 4 aromatic rings. The number of hydrogen-bond acceptors (Lipinski definition) is 6. The first-order valence-electron chi connectivity index (χ1n) is 12.6. The number of ether oxygens (including phenoxy) is 1. The minimum atomic E-state index is -0.825. The third-order valence-electron chi connectivity index (χ3n) is 6.66. The number of fused-ring (bicyclic) bond motifs is 1. The van der Waals surface area contributed by atoms with Crippen molar-refractivity contribution in [3.05, 3.63) is 76.5 Å². The lowest BCUT2D eigenvalue weighted by Gasteiger charge is -2.31. The number of anilines is 1. The van der Waals surface area contributed by atoms with Gasteiger partial charge in [0.15, 0.2) is 0 Å². The molecule has 2 amide bonds. The fourth-order valence-electron chi connectivity index (χ4n) is 4.63. The summed E-state index contributed by atoms with van der Waals surface area (Å²) in [5.74, 6) is -0.135. The molecular formula is C28H31N5O3S.